The summed E-state index contributed by atoms with van der Waals surface area (Å²) in [5.41, 5.74) is -4.32. The fourth-order valence-corrected chi connectivity index (χ4v) is 5.52. The van der Waals surface area contributed by atoms with E-state index in [2.05, 4.69) is 10.3 Å². The summed E-state index contributed by atoms with van der Waals surface area (Å²) >= 11 is 0. The topological polar surface area (TPSA) is 65.3 Å². The van der Waals surface area contributed by atoms with Crippen LogP contribution in [-0.2, 0) is 10.0 Å². The highest BCUT2D eigenvalue weighted by atomic mass is 32.2. The third-order valence-electron chi connectivity index (χ3n) is 6.13. The molecule has 10 heteroatoms. The molecule has 174 valence electrons. The number of alkyl halides is 3. The Hall–Kier alpha value is -3.66. The van der Waals surface area contributed by atoms with Crippen LogP contribution >= 0.6 is 0 Å². The number of halogens is 3. The molecule has 0 aliphatic carbocycles. The Bertz CT molecular complexity index is 1390. The van der Waals surface area contributed by atoms with Gasteiger partial charge in [-0.3, -0.25) is 0 Å². The van der Waals surface area contributed by atoms with Crippen molar-refractivity contribution >= 4 is 21.3 Å². The predicted octanol–water partition coefficient (Wildman–Crippen LogP) is 5.54. The average Bonchev–Trinajstić information content (AvgIpc) is 3.22. The van der Waals surface area contributed by atoms with Crippen molar-refractivity contribution in [1.82, 2.24) is 4.41 Å². The number of sulfonamides is 1. The minimum Gasteiger partial charge on any atom is -0.344 e. The van der Waals surface area contributed by atoms with E-state index in [0.717, 1.165) is 11.1 Å². The molecule has 0 radical (unpaired) electrons. The molecule has 34 heavy (non-hydrogen) atoms. The van der Waals surface area contributed by atoms with Crippen LogP contribution in [0.15, 0.2) is 101 Å². The summed E-state index contributed by atoms with van der Waals surface area (Å²) in [5, 5.41) is 7.71. The van der Waals surface area contributed by atoms with Crippen LogP contribution in [0.1, 0.15) is 22.7 Å². The number of para-hydroxylation sites is 1. The van der Waals surface area contributed by atoms with Crippen molar-refractivity contribution in [2.24, 2.45) is 10.3 Å². The van der Waals surface area contributed by atoms with E-state index in [1.165, 1.54) is 11.0 Å². The molecule has 0 aromatic heterocycles. The van der Waals surface area contributed by atoms with Gasteiger partial charge in [-0.25, -0.2) is 0 Å². The van der Waals surface area contributed by atoms with Crippen LogP contribution in [-0.4, -0.2) is 31.1 Å². The van der Waals surface area contributed by atoms with Gasteiger partial charge in [0.05, 0.1) is 0 Å². The van der Waals surface area contributed by atoms with Crippen LogP contribution in [0, 0.1) is 0 Å². The van der Waals surface area contributed by atoms with E-state index in [1.807, 2.05) is 42.5 Å². The molecule has 2 aliphatic heterocycles. The summed E-state index contributed by atoms with van der Waals surface area (Å²) in [6.07, 6.45) is 1.53. The van der Waals surface area contributed by atoms with Crippen LogP contribution in [0.5, 0.6) is 0 Å². The number of benzene rings is 3. The highest BCUT2D eigenvalue weighted by Crippen LogP contribution is 2.53. The molecule has 0 amide bonds. The first-order chi connectivity index (χ1) is 16.2. The molecule has 5 rings (SSSR count). The van der Waals surface area contributed by atoms with E-state index in [-0.39, 0.29) is 4.41 Å². The number of fused-ring (bicyclic) bond motifs is 1. The zero-order chi connectivity index (χ0) is 24.1. The van der Waals surface area contributed by atoms with E-state index in [1.54, 1.807) is 49.5 Å². The lowest BCUT2D eigenvalue weighted by molar-refractivity contribution is -0.0510. The number of rotatable bonds is 3. The Labute approximate surface area is 194 Å². The maximum absolute atomic E-state index is 13.8. The Balaban J connectivity index is 1.85. The third kappa shape index (κ3) is 3.12. The van der Waals surface area contributed by atoms with Gasteiger partial charge >= 0.3 is 15.5 Å². The van der Waals surface area contributed by atoms with Crippen molar-refractivity contribution in [3.63, 3.8) is 0 Å². The Morgan fingerprint density at radius 3 is 2.12 bits per heavy atom. The molecule has 0 fully saturated rings. The van der Waals surface area contributed by atoms with Gasteiger partial charge in [0.1, 0.15) is 6.04 Å². The van der Waals surface area contributed by atoms with Crippen molar-refractivity contribution < 1.29 is 21.6 Å². The first kappa shape index (κ1) is 22.1. The van der Waals surface area contributed by atoms with Gasteiger partial charge in [-0.05, 0) is 28.8 Å². The van der Waals surface area contributed by atoms with Gasteiger partial charge in [0.15, 0.2) is 5.66 Å². The molecular weight excluding hydrogens is 465 g/mol. The monoisotopic (exact) mass is 484 g/mol. The Kier molecular flexibility index (Phi) is 5.01. The zero-order valence-electron chi connectivity index (χ0n) is 17.9. The molecule has 6 nitrogen and oxygen atoms in total. The van der Waals surface area contributed by atoms with Gasteiger partial charge in [0.2, 0.25) is 0 Å². The van der Waals surface area contributed by atoms with Crippen molar-refractivity contribution in [3.8, 4) is 0 Å². The second-order valence-corrected chi connectivity index (χ2v) is 9.75. The highest BCUT2D eigenvalue weighted by molar-refractivity contribution is 7.90. The number of anilines is 1. The van der Waals surface area contributed by atoms with Crippen LogP contribution in [0.2, 0.25) is 0 Å². The van der Waals surface area contributed by atoms with Crippen LogP contribution in [0.4, 0.5) is 18.9 Å². The largest absolute Gasteiger partial charge is 0.518 e. The van der Waals surface area contributed by atoms with Crippen molar-refractivity contribution in [2.45, 2.75) is 17.2 Å². The maximum atomic E-state index is 13.8. The van der Waals surface area contributed by atoms with Crippen molar-refractivity contribution in [1.29, 1.82) is 0 Å². The summed E-state index contributed by atoms with van der Waals surface area (Å²) in [6.45, 7) is 0. The van der Waals surface area contributed by atoms with E-state index in [4.69, 9.17) is 0 Å². The smallest absolute Gasteiger partial charge is 0.344 e. The molecule has 1 spiro atoms. The summed E-state index contributed by atoms with van der Waals surface area (Å²) in [5.74, 6) is 0. The van der Waals surface area contributed by atoms with Gasteiger partial charge in [0, 0.05) is 18.3 Å². The highest BCUT2D eigenvalue weighted by Gasteiger charge is 2.64. The van der Waals surface area contributed by atoms with E-state index < -0.39 is 27.2 Å². The zero-order valence-corrected chi connectivity index (χ0v) is 18.7. The normalized spacial score (nSPS) is 22.1. The molecule has 0 N–H and O–H groups in total. The van der Waals surface area contributed by atoms with Gasteiger partial charge in [-0.2, -0.15) is 26.7 Å². The minimum absolute atomic E-state index is 0.108. The van der Waals surface area contributed by atoms with Gasteiger partial charge in [-0.15, -0.1) is 4.41 Å². The third-order valence-corrected chi connectivity index (χ3v) is 7.53. The maximum Gasteiger partial charge on any atom is 0.518 e. The standard InChI is InChI=1S/C24H19F3N4O2S/c1-30-21-15-9-8-14-19(21)20(17-10-4-2-5-11-17)16-23(30)22(18-12-6-3-7-13-18)28-29-31(23)34(32,33)24(25,26)27/h2-16,22H,1H3/t22-,23+/m0/s1. The second kappa shape index (κ2) is 7.69. The fraction of sp³-hybridized carbons (Fsp3) is 0.167. The molecule has 0 saturated heterocycles. The fourth-order valence-electron chi connectivity index (χ4n) is 4.52. The first-order valence-electron chi connectivity index (χ1n) is 10.4. The van der Waals surface area contributed by atoms with Gasteiger partial charge in [0.25, 0.3) is 0 Å². The molecular formula is C24H19F3N4O2S. The Morgan fingerprint density at radius 1 is 0.882 bits per heavy atom. The summed E-state index contributed by atoms with van der Waals surface area (Å²) in [7, 11) is -4.32. The molecule has 3 aromatic rings. The number of hydrogen-bond acceptors (Lipinski definition) is 5. The van der Waals surface area contributed by atoms with Crippen LogP contribution < -0.4 is 4.90 Å². The second-order valence-electron chi connectivity index (χ2n) is 8.00. The predicted molar refractivity (Wildman–Crippen MR) is 122 cm³/mol. The molecule has 0 unspecified atom stereocenters. The van der Waals surface area contributed by atoms with Crippen LogP contribution in [0.3, 0.4) is 0 Å². The quantitative estimate of drug-likeness (QED) is 0.491. The lowest BCUT2D eigenvalue weighted by atomic mass is 9.83. The van der Waals surface area contributed by atoms with Crippen molar-refractivity contribution in [3.05, 3.63) is 108 Å². The average molecular weight is 485 g/mol. The Morgan fingerprint density at radius 2 is 1.47 bits per heavy atom. The summed E-state index contributed by atoms with van der Waals surface area (Å²) in [4.78, 5) is 1.51. The molecule has 2 heterocycles. The number of hydrogen-bond donors (Lipinski definition) is 0. The minimum atomic E-state index is -5.88. The lowest BCUT2D eigenvalue weighted by Crippen LogP contribution is -2.62. The molecule has 0 saturated carbocycles. The number of likely N-dealkylation sites (N-methyl/N-ethyl adjacent to an activating group) is 1. The molecule has 0 bridgehead atoms. The lowest BCUT2D eigenvalue weighted by Gasteiger charge is -2.48. The van der Waals surface area contributed by atoms with E-state index in [0.29, 0.717) is 16.8 Å². The SMILES string of the molecule is CN1c2ccccc2C(c2ccccc2)=C[C@@]12[C@H](c1ccccc1)N=NN2S(=O)(=O)C(F)(F)F. The van der Waals surface area contributed by atoms with Crippen molar-refractivity contribution in [2.75, 3.05) is 11.9 Å². The van der Waals surface area contributed by atoms with Gasteiger partial charge < -0.3 is 4.90 Å². The molecule has 2 aliphatic rings. The summed E-state index contributed by atoms with van der Waals surface area (Å²) in [6, 6.07) is 23.8. The first-order valence-corrected chi connectivity index (χ1v) is 11.8. The number of nitrogens with zero attached hydrogens (tertiary/aromatic N) is 4. The van der Waals surface area contributed by atoms with E-state index >= 15 is 0 Å². The van der Waals surface area contributed by atoms with Gasteiger partial charge in [-0.1, -0.05) is 84.1 Å². The molecule has 2 atom stereocenters. The van der Waals surface area contributed by atoms with Crippen LogP contribution in [0.25, 0.3) is 5.57 Å². The summed E-state index contributed by atoms with van der Waals surface area (Å²) < 4.78 is 67.2. The molecule has 3 aromatic carbocycles. The van der Waals surface area contributed by atoms with E-state index in [9.17, 15) is 21.6 Å².